The van der Waals surface area contributed by atoms with E-state index >= 15 is 0 Å². The van der Waals surface area contributed by atoms with E-state index in [1.165, 1.54) is 0 Å². The lowest BCUT2D eigenvalue weighted by Crippen LogP contribution is -2.06. The first-order valence-electron chi connectivity index (χ1n) is 4.10. The summed E-state index contributed by atoms with van der Waals surface area (Å²) in [7, 11) is 0. The van der Waals surface area contributed by atoms with Crippen molar-refractivity contribution in [2.45, 2.75) is 6.18 Å². The quantitative estimate of drug-likeness (QED) is 0.542. The number of hydrogen-bond donors (Lipinski definition) is 0. The van der Waals surface area contributed by atoms with Crippen LogP contribution in [-0.4, -0.2) is 12.6 Å². The van der Waals surface area contributed by atoms with E-state index in [0.717, 1.165) is 12.1 Å². The Kier molecular flexibility index (Phi) is 3.46. The van der Waals surface area contributed by atoms with Gasteiger partial charge in [-0.15, -0.1) is 0 Å². The molecule has 0 aliphatic rings. The number of alkyl halides is 3. The van der Waals surface area contributed by atoms with Crippen LogP contribution in [0.25, 0.3) is 0 Å². The molecule has 0 heterocycles. The van der Waals surface area contributed by atoms with Crippen molar-refractivity contribution in [2.24, 2.45) is 0 Å². The van der Waals surface area contributed by atoms with Gasteiger partial charge in [0, 0.05) is 11.1 Å². The first-order valence-corrected chi connectivity index (χ1v) is 4.10. The monoisotopic (exact) mass is 226 g/mol. The summed E-state index contributed by atoms with van der Waals surface area (Å²) in [6.45, 7) is 0. The van der Waals surface area contributed by atoms with Gasteiger partial charge >= 0.3 is 6.18 Å². The van der Waals surface area contributed by atoms with Crippen LogP contribution in [0.3, 0.4) is 0 Å². The highest BCUT2D eigenvalue weighted by molar-refractivity contribution is 5.82. The lowest BCUT2D eigenvalue weighted by Gasteiger charge is -2.07. The fourth-order valence-electron chi connectivity index (χ4n) is 1.06. The zero-order chi connectivity index (χ0) is 12.2. The molecule has 82 valence electrons. The van der Waals surface area contributed by atoms with Gasteiger partial charge in [-0.25, -0.2) is 0 Å². The molecule has 0 amide bonds. The summed E-state index contributed by atoms with van der Waals surface area (Å²) in [6.07, 6.45) is -3.94. The van der Waals surface area contributed by atoms with Crippen molar-refractivity contribution in [3.63, 3.8) is 0 Å². The molecule has 0 saturated heterocycles. The first-order chi connectivity index (χ1) is 7.49. The van der Waals surface area contributed by atoms with Crippen molar-refractivity contribution in [1.29, 1.82) is 0 Å². The number of halogens is 3. The maximum atomic E-state index is 12.3. The molecule has 0 aliphatic heterocycles. The van der Waals surface area contributed by atoms with Gasteiger partial charge in [0.25, 0.3) is 0 Å². The zero-order valence-electron chi connectivity index (χ0n) is 7.84. The third-order valence-corrected chi connectivity index (χ3v) is 1.77. The van der Waals surface area contributed by atoms with Gasteiger partial charge < -0.3 is 0 Å². The topological polar surface area (TPSA) is 34.1 Å². The molecule has 0 aromatic heterocycles. The third kappa shape index (κ3) is 2.70. The van der Waals surface area contributed by atoms with Crippen LogP contribution >= 0.6 is 0 Å². The van der Waals surface area contributed by atoms with Gasteiger partial charge in [0.1, 0.15) is 0 Å². The van der Waals surface area contributed by atoms with Crippen molar-refractivity contribution in [2.75, 3.05) is 0 Å². The molecule has 1 aromatic carbocycles. The molecule has 0 N–H and O–H groups in total. The van der Waals surface area contributed by atoms with E-state index in [9.17, 15) is 22.8 Å². The van der Waals surface area contributed by atoms with E-state index in [4.69, 9.17) is 0 Å². The normalized spacial score (nSPS) is 10.2. The summed E-state index contributed by atoms with van der Waals surface area (Å²) in [6, 6.07) is 2.56. The molecule has 16 heavy (non-hydrogen) atoms. The molecule has 0 radical (unpaired) electrons. The standard InChI is InChI=1S/C11H5F3O2/c12-11(13,14)10-4-3-8(2-1-5-15)9(6-10)7-16/h3-7H. The van der Waals surface area contributed by atoms with Crippen molar-refractivity contribution < 1.29 is 22.8 Å². The predicted octanol–water partition coefficient (Wildman–Crippen LogP) is 2.07. The Bertz CT molecular complexity index is 478. The minimum atomic E-state index is -4.51. The fourth-order valence-corrected chi connectivity index (χ4v) is 1.06. The maximum Gasteiger partial charge on any atom is 0.416 e. The van der Waals surface area contributed by atoms with Gasteiger partial charge in [-0.2, -0.15) is 13.2 Å². The van der Waals surface area contributed by atoms with Crippen molar-refractivity contribution in [1.82, 2.24) is 0 Å². The molecule has 5 heteroatoms. The van der Waals surface area contributed by atoms with Crippen LogP contribution in [0.2, 0.25) is 0 Å². The molecule has 2 nitrogen and oxygen atoms in total. The zero-order valence-corrected chi connectivity index (χ0v) is 7.84. The highest BCUT2D eigenvalue weighted by atomic mass is 19.4. The molecule has 0 bridgehead atoms. The molecule has 0 saturated carbocycles. The summed E-state index contributed by atoms with van der Waals surface area (Å²) < 4.78 is 36.8. The molecule has 0 atom stereocenters. The minimum absolute atomic E-state index is 0.0927. The van der Waals surface area contributed by atoms with Gasteiger partial charge in [0.15, 0.2) is 12.6 Å². The van der Waals surface area contributed by atoms with E-state index < -0.39 is 11.7 Å². The average Bonchev–Trinajstić information content (AvgIpc) is 2.24. The number of benzene rings is 1. The maximum absolute atomic E-state index is 12.3. The van der Waals surface area contributed by atoms with Crippen LogP contribution in [0, 0.1) is 11.8 Å². The van der Waals surface area contributed by atoms with Crippen LogP contribution in [0.1, 0.15) is 21.5 Å². The van der Waals surface area contributed by atoms with E-state index in [0.29, 0.717) is 12.4 Å². The Morgan fingerprint density at radius 1 is 1.19 bits per heavy atom. The largest absolute Gasteiger partial charge is 0.416 e. The van der Waals surface area contributed by atoms with Gasteiger partial charge in [0.2, 0.25) is 0 Å². The number of carbonyl (C=O) groups excluding carboxylic acids is 2. The second-order valence-electron chi connectivity index (χ2n) is 2.80. The van der Waals surface area contributed by atoms with Crippen LogP contribution in [0.5, 0.6) is 0 Å². The molecule has 1 aromatic rings. The lowest BCUT2D eigenvalue weighted by atomic mass is 10.0. The number of rotatable bonds is 1. The fraction of sp³-hybridized carbons (Fsp3) is 0.0909. The Hall–Kier alpha value is -2.09. The summed E-state index contributed by atoms with van der Waals surface area (Å²) in [5, 5.41) is 0. The minimum Gasteiger partial charge on any atom is -0.298 e. The Morgan fingerprint density at radius 2 is 1.88 bits per heavy atom. The van der Waals surface area contributed by atoms with E-state index in [-0.39, 0.29) is 17.4 Å². The predicted molar refractivity (Wildman–Crippen MR) is 49.8 cm³/mol. The van der Waals surface area contributed by atoms with Crippen LogP contribution in [0.15, 0.2) is 18.2 Å². The molecular formula is C11H5F3O2. The molecule has 1 rings (SSSR count). The van der Waals surface area contributed by atoms with Crippen LogP contribution in [-0.2, 0) is 11.0 Å². The molecule has 0 aliphatic carbocycles. The molecule has 0 spiro atoms. The van der Waals surface area contributed by atoms with E-state index in [1.807, 2.05) is 5.92 Å². The van der Waals surface area contributed by atoms with Crippen LogP contribution < -0.4 is 0 Å². The van der Waals surface area contributed by atoms with E-state index in [2.05, 4.69) is 5.92 Å². The van der Waals surface area contributed by atoms with Gasteiger partial charge in [0.05, 0.1) is 5.56 Å². The average molecular weight is 226 g/mol. The summed E-state index contributed by atoms with van der Waals surface area (Å²) in [4.78, 5) is 20.5. The number of carbonyl (C=O) groups is 2. The highest BCUT2D eigenvalue weighted by Gasteiger charge is 2.30. The third-order valence-electron chi connectivity index (χ3n) is 1.77. The highest BCUT2D eigenvalue weighted by Crippen LogP contribution is 2.30. The Morgan fingerprint density at radius 3 is 2.38 bits per heavy atom. The first kappa shape index (κ1) is 12.0. The summed E-state index contributed by atoms with van der Waals surface area (Å²) >= 11 is 0. The second-order valence-corrected chi connectivity index (χ2v) is 2.80. The van der Waals surface area contributed by atoms with Crippen molar-refractivity contribution >= 4 is 12.6 Å². The number of aldehydes is 2. The number of hydrogen-bond acceptors (Lipinski definition) is 2. The van der Waals surface area contributed by atoms with Gasteiger partial charge in [-0.05, 0) is 24.1 Å². The van der Waals surface area contributed by atoms with E-state index in [1.54, 1.807) is 0 Å². The molecular weight excluding hydrogens is 221 g/mol. The molecule has 0 fully saturated rings. The Balaban J connectivity index is 3.27. The SMILES string of the molecule is O=CC#Cc1ccc(C(F)(F)F)cc1C=O. The van der Waals surface area contributed by atoms with Gasteiger partial charge in [-0.1, -0.05) is 5.92 Å². The summed E-state index contributed by atoms with van der Waals surface area (Å²) in [5.74, 6) is 4.30. The van der Waals surface area contributed by atoms with Crippen LogP contribution in [0.4, 0.5) is 13.2 Å². The Labute approximate surface area is 89.1 Å². The lowest BCUT2D eigenvalue weighted by molar-refractivity contribution is -0.137. The van der Waals surface area contributed by atoms with Crippen molar-refractivity contribution in [3.05, 3.63) is 34.9 Å². The molecule has 0 unspecified atom stereocenters. The van der Waals surface area contributed by atoms with Crippen molar-refractivity contribution in [3.8, 4) is 11.8 Å². The smallest absolute Gasteiger partial charge is 0.298 e. The second kappa shape index (κ2) is 4.62. The van der Waals surface area contributed by atoms with Gasteiger partial charge in [-0.3, -0.25) is 9.59 Å². The summed E-state index contributed by atoms with van der Waals surface area (Å²) in [5.41, 5.74) is -1.02.